The van der Waals surface area contributed by atoms with Crippen molar-refractivity contribution in [3.8, 4) is 0 Å². The van der Waals surface area contributed by atoms with Gasteiger partial charge in [0.25, 0.3) is 23.3 Å². The van der Waals surface area contributed by atoms with E-state index >= 15 is 4.39 Å². The normalized spacial score (nSPS) is 22.7. The first-order valence-electron chi connectivity index (χ1n) is 16.8. The van der Waals surface area contributed by atoms with Crippen molar-refractivity contribution < 1.29 is 28.4 Å². The molecule has 5 amide bonds. The predicted molar refractivity (Wildman–Crippen MR) is 187 cm³/mol. The number of aryl methyl sites for hydroxylation is 1. The summed E-state index contributed by atoms with van der Waals surface area (Å²) in [5, 5.41) is 9.74. The van der Waals surface area contributed by atoms with Gasteiger partial charge in [0.2, 0.25) is 11.8 Å². The standard InChI is InChI=1S/C35H36BrFN8O6/c1-41-17-21(13-22(18-41)39-26-16-38-42(2)35(51)30(26)36)19-3-5-20(6-4-19)32(48)44-11-9-43(10-12-44)28-15-24-23(14-25(28)37)33(49)45(34(24)50)27-7-8-29(46)40-31(27)47/h3-6,14-16,21-22,27,39H,7-13,17-18H2,1-2H3,(H,40,46,47). The average Bonchev–Trinajstić information content (AvgIpc) is 3.35. The number of nitrogens with zero attached hydrogens (tertiary/aromatic N) is 6. The number of piperazine rings is 1. The van der Waals surface area contributed by atoms with Crippen molar-refractivity contribution in [1.82, 2.24) is 29.8 Å². The summed E-state index contributed by atoms with van der Waals surface area (Å²) in [6, 6.07) is 8.94. The molecule has 7 rings (SSSR count). The second-order valence-corrected chi connectivity index (χ2v) is 14.3. The maximum atomic E-state index is 15.4. The Morgan fingerprint density at radius 3 is 2.33 bits per heavy atom. The van der Waals surface area contributed by atoms with Crippen LogP contribution in [0.1, 0.15) is 61.8 Å². The molecule has 14 nitrogen and oxygen atoms in total. The lowest BCUT2D eigenvalue weighted by atomic mass is 9.87. The molecule has 3 saturated heterocycles. The van der Waals surface area contributed by atoms with Crippen molar-refractivity contribution in [2.24, 2.45) is 7.05 Å². The summed E-state index contributed by atoms with van der Waals surface area (Å²) in [7, 11) is 3.65. The van der Waals surface area contributed by atoms with Crippen molar-refractivity contribution in [3.05, 3.63) is 85.5 Å². The van der Waals surface area contributed by atoms with Gasteiger partial charge in [0.15, 0.2) is 0 Å². The molecule has 3 fully saturated rings. The number of carbonyl (C=O) groups is 5. The van der Waals surface area contributed by atoms with Crippen molar-refractivity contribution in [2.75, 3.05) is 56.5 Å². The molecular formula is C35H36BrFN8O6. The maximum absolute atomic E-state index is 15.4. The molecule has 2 N–H and O–H groups in total. The number of piperidine rings is 2. The molecule has 0 aliphatic carbocycles. The molecule has 51 heavy (non-hydrogen) atoms. The predicted octanol–water partition coefficient (Wildman–Crippen LogP) is 1.95. The monoisotopic (exact) mass is 762 g/mol. The smallest absolute Gasteiger partial charge is 0.282 e. The molecule has 3 aromatic rings. The third kappa shape index (κ3) is 6.53. The highest BCUT2D eigenvalue weighted by Gasteiger charge is 2.45. The number of hydrogen-bond donors (Lipinski definition) is 2. The first-order valence-corrected chi connectivity index (χ1v) is 17.5. The van der Waals surface area contributed by atoms with Crippen molar-refractivity contribution in [1.29, 1.82) is 0 Å². The van der Waals surface area contributed by atoms with Crippen LogP contribution < -0.4 is 21.1 Å². The number of fused-ring (bicyclic) bond motifs is 1. The van der Waals surface area contributed by atoms with E-state index in [-0.39, 0.29) is 53.1 Å². The van der Waals surface area contributed by atoms with Crippen molar-refractivity contribution >= 4 is 56.8 Å². The number of imide groups is 2. The lowest BCUT2D eigenvalue weighted by molar-refractivity contribution is -0.136. The second kappa shape index (κ2) is 13.6. The van der Waals surface area contributed by atoms with E-state index in [1.54, 1.807) is 23.0 Å². The van der Waals surface area contributed by atoms with E-state index in [0.717, 1.165) is 36.0 Å². The molecule has 4 aliphatic heterocycles. The summed E-state index contributed by atoms with van der Waals surface area (Å²) in [4.78, 5) is 82.6. The molecule has 266 valence electrons. The molecule has 0 bridgehead atoms. The van der Waals surface area contributed by atoms with Gasteiger partial charge < -0.3 is 20.0 Å². The van der Waals surface area contributed by atoms with Crippen LogP contribution in [0.5, 0.6) is 0 Å². The number of nitrogens with one attached hydrogen (secondary N) is 2. The van der Waals surface area contributed by atoms with E-state index in [9.17, 15) is 28.8 Å². The highest BCUT2D eigenvalue weighted by atomic mass is 79.9. The van der Waals surface area contributed by atoms with Gasteiger partial charge in [-0.15, -0.1) is 0 Å². The summed E-state index contributed by atoms with van der Waals surface area (Å²) in [5.41, 5.74) is 2.10. The third-order valence-electron chi connectivity index (χ3n) is 10.1. The van der Waals surface area contributed by atoms with Gasteiger partial charge in [-0.25, -0.2) is 9.07 Å². The molecule has 16 heteroatoms. The largest absolute Gasteiger partial charge is 0.379 e. The number of aromatic nitrogens is 2. The first kappa shape index (κ1) is 34.5. The number of anilines is 2. The molecule has 0 spiro atoms. The summed E-state index contributed by atoms with van der Waals surface area (Å²) < 4.78 is 17.1. The minimum Gasteiger partial charge on any atom is -0.379 e. The van der Waals surface area contributed by atoms with Crippen molar-refractivity contribution in [3.63, 3.8) is 0 Å². The number of benzene rings is 2. The Morgan fingerprint density at radius 2 is 1.65 bits per heavy atom. The lowest BCUT2D eigenvalue weighted by Crippen LogP contribution is -2.54. The minimum absolute atomic E-state index is 0.00156. The minimum atomic E-state index is -1.14. The summed E-state index contributed by atoms with van der Waals surface area (Å²) in [6.45, 7) is 2.89. The van der Waals surface area contributed by atoms with Crippen LogP contribution in [0.4, 0.5) is 15.8 Å². The van der Waals surface area contributed by atoms with Crippen LogP contribution in [0.15, 0.2) is 51.9 Å². The van der Waals surface area contributed by atoms with E-state index in [2.05, 4.69) is 43.6 Å². The zero-order valence-corrected chi connectivity index (χ0v) is 29.6. The van der Waals surface area contributed by atoms with Gasteiger partial charge in [-0.3, -0.25) is 39.0 Å². The number of likely N-dealkylation sites (tertiary alicyclic amines) is 1. The van der Waals surface area contributed by atoms with Gasteiger partial charge in [-0.05, 0) is 71.6 Å². The number of likely N-dealkylation sites (N-methyl/N-ethyl adjacent to an activating group) is 1. The zero-order chi connectivity index (χ0) is 36.1. The summed E-state index contributed by atoms with van der Waals surface area (Å²) >= 11 is 3.39. The van der Waals surface area contributed by atoms with Crippen LogP contribution in [-0.2, 0) is 16.6 Å². The number of halogens is 2. The van der Waals surface area contributed by atoms with Crippen LogP contribution in [0.3, 0.4) is 0 Å². The Bertz CT molecular complexity index is 2010. The Kier molecular flexibility index (Phi) is 9.22. The van der Waals surface area contributed by atoms with Gasteiger partial charge in [-0.1, -0.05) is 12.1 Å². The van der Waals surface area contributed by atoms with Gasteiger partial charge in [0.05, 0.1) is 28.7 Å². The van der Waals surface area contributed by atoms with E-state index in [4.69, 9.17) is 0 Å². The van der Waals surface area contributed by atoms with Crippen LogP contribution in [0.25, 0.3) is 0 Å². The van der Waals surface area contributed by atoms with Gasteiger partial charge >= 0.3 is 0 Å². The zero-order valence-electron chi connectivity index (χ0n) is 28.0. The number of carbonyl (C=O) groups excluding carboxylic acids is 5. The number of rotatable bonds is 6. The third-order valence-corrected chi connectivity index (χ3v) is 10.9. The molecule has 0 saturated carbocycles. The van der Waals surface area contributed by atoms with Gasteiger partial charge in [0, 0.05) is 64.3 Å². The molecular weight excluding hydrogens is 727 g/mol. The lowest BCUT2D eigenvalue weighted by Gasteiger charge is -2.37. The van der Waals surface area contributed by atoms with E-state index in [1.807, 2.05) is 24.3 Å². The fourth-order valence-corrected chi connectivity index (χ4v) is 7.92. The summed E-state index contributed by atoms with van der Waals surface area (Å²) in [6.07, 6.45) is 2.47. The molecule has 5 heterocycles. The second-order valence-electron chi connectivity index (χ2n) is 13.5. The molecule has 3 atom stereocenters. The van der Waals surface area contributed by atoms with Crippen LogP contribution in [0, 0.1) is 5.82 Å². The molecule has 0 radical (unpaired) electrons. The van der Waals surface area contributed by atoms with Crippen LogP contribution >= 0.6 is 15.9 Å². The van der Waals surface area contributed by atoms with Gasteiger partial charge in [0.1, 0.15) is 16.3 Å². The molecule has 1 aromatic heterocycles. The molecule has 3 unspecified atom stereocenters. The first-order chi connectivity index (χ1) is 24.4. The number of amides is 5. The Morgan fingerprint density at radius 1 is 0.961 bits per heavy atom. The highest BCUT2D eigenvalue weighted by molar-refractivity contribution is 9.10. The van der Waals surface area contributed by atoms with E-state index in [0.29, 0.717) is 41.9 Å². The number of hydrogen-bond acceptors (Lipinski definition) is 10. The maximum Gasteiger partial charge on any atom is 0.282 e. The SMILES string of the molecule is CN1CC(Nc2cnn(C)c(=O)c2Br)CC(c2ccc(C(=O)N3CCN(c4cc5c(cc4F)C(=O)N(C4CCC(=O)NC4=O)C5=O)CC3)cc2)C1. The van der Waals surface area contributed by atoms with Crippen molar-refractivity contribution in [2.45, 2.75) is 37.3 Å². The van der Waals surface area contributed by atoms with E-state index in [1.165, 1.54) is 10.7 Å². The summed E-state index contributed by atoms with van der Waals surface area (Å²) in [5.74, 6) is -3.30. The van der Waals surface area contributed by atoms with E-state index < -0.39 is 35.5 Å². The Balaban J connectivity index is 0.977. The van der Waals surface area contributed by atoms with Crippen LogP contribution in [0.2, 0.25) is 0 Å². The fourth-order valence-electron chi connectivity index (χ4n) is 7.45. The quantitative estimate of drug-likeness (QED) is 0.356. The average molecular weight is 764 g/mol. The molecule has 2 aromatic carbocycles. The molecule has 4 aliphatic rings. The fraction of sp³-hybridized carbons (Fsp3) is 0.400. The topological polar surface area (TPSA) is 157 Å². The Hall–Kier alpha value is -4.96. The highest BCUT2D eigenvalue weighted by Crippen LogP contribution is 2.34. The van der Waals surface area contributed by atoms with Gasteiger partial charge in [-0.2, -0.15) is 5.10 Å². The van der Waals surface area contributed by atoms with Crippen LogP contribution in [-0.4, -0.2) is 112 Å². The Labute approximate surface area is 300 Å².